The molecule has 1 saturated heterocycles. The van der Waals surface area contributed by atoms with Gasteiger partial charge < -0.3 is 4.90 Å². The zero-order chi connectivity index (χ0) is 13.7. The fourth-order valence-electron chi connectivity index (χ4n) is 2.49. The summed E-state index contributed by atoms with van der Waals surface area (Å²) >= 11 is 9.54. The number of nitrogens with zero attached hydrogens (tertiary/aromatic N) is 2. The van der Waals surface area contributed by atoms with Crippen LogP contribution in [0.15, 0.2) is 24.3 Å². The second-order valence-electron chi connectivity index (χ2n) is 5.19. The van der Waals surface area contributed by atoms with E-state index in [-0.39, 0.29) is 0 Å². The lowest BCUT2D eigenvalue weighted by Crippen LogP contribution is -2.47. The first kappa shape index (κ1) is 15.1. The molecule has 0 aliphatic carbocycles. The maximum absolute atomic E-state index is 5.93. The van der Waals surface area contributed by atoms with E-state index in [4.69, 9.17) is 11.6 Å². The van der Waals surface area contributed by atoms with Gasteiger partial charge in [-0.3, -0.25) is 4.90 Å². The van der Waals surface area contributed by atoms with Crippen molar-refractivity contribution >= 4 is 33.2 Å². The Morgan fingerprint density at radius 2 is 1.79 bits per heavy atom. The molecule has 0 saturated carbocycles. The summed E-state index contributed by atoms with van der Waals surface area (Å²) in [6, 6.07) is 8.18. The van der Waals surface area contributed by atoms with Gasteiger partial charge in [-0.05, 0) is 30.2 Å². The molecule has 1 heterocycles. The average Bonchev–Trinajstić information content (AvgIpc) is 2.46. The smallest absolute Gasteiger partial charge is 0.0407 e. The van der Waals surface area contributed by atoms with Gasteiger partial charge in [0.2, 0.25) is 0 Å². The number of hydrogen-bond acceptors (Lipinski definition) is 2. The summed E-state index contributed by atoms with van der Waals surface area (Å²) in [7, 11) is 0. The van der Waals surface area contributed by atoms with Crippen molar-refractivity contribution in [2.75, 3.05) is 43.0 Å². The zero-order valence-electron chi connectivity index (χ0n) is 11.5. The number of halogens is 2. The molecule has 1 unspecified atom stereocenters. The molecule has 1 aromatic rings. The maximum Gasteiger partial charge on any atom is 0.0407 e. The van der Waals surface area contributed by atoms with Crippen LogP contribution in [-0.4, -0.2) is 43.0 Å². The Bertz CT molecular complexity index is 370. The van der Waals surface area contributed by atoms with Crippen LogP contribution in [0.2, 0.25) is 5.02 Å². The van der Waals surface area contributed by atoms with Crippen molar-refractivity contribution in [3.05, 3.63) is 29.3 Å². The predicted molar refractivity (Wildman–Crippen MR) is 87.7 cm³/mol. The zero-order valence-corrected chi connectivity index (χ0v) is 13.8. The van der Waals surface area contributed by atoms with Gasteiger partial charge in [0.25, 0.3) is 0 Å². The Kier molecular flexibility index (Phi) is 5.99. The molecule has 0 amide bonds. The van der Waals surface area contributed by atoms with Crippen molar-refractivity contribution in [3.63, 3.8) is 0 Å². The Morgan fingerprint density at radius 1 is 1.16 bits per heavy atom. The SMILES string of the molecule is CCC(CBr)CN1CCN(c2ccc(Cl)cc2)CC1. The van der Waals surface area contributed by atoms with E-state index in [1.165, 1.54) is 18.7 Å². The van der Waals surface area contributed by atoms with Crippen molar-refractivity contribution < 1.29 is 0 Å². The second-order valence-corrected chi connectivity index (χ2v) is 6.28. The Morgan fingerprint density at radius 3 is 2.32 bits per heavy atom. The molecule has 0 N–H and O–H groups in total. The van der Waals surface area contributed by atoms with Gasteiger partial charge in [0, 0.05) is 48.8 Å². The number of alkyl halides is 1. The van der Waals surface area contributed by atoms with Crippen molar-refractivity contribution in [1.82, 2.24) is 4.90 Å². The van der Waals surface area contributed by atoms with Gasteiger partial charge in [-0.25, -0.2) is 0 Å². The molecule has 1 aliphatic heterocycles. The van der Waals surface area contributed by atoms with E-state index in [0.29, 0.717) is 0 Å². The third-order valence-corrected chi connectivity index (χ3v) is 5.04. The molecule has 1 fully saturated rings. The summed E-state index contributed by atoms with van der Waals surface area (Å²) in [5.41, 5.74) is 1.29. The van der Waals surface area contributed by atoms with Crippen LogP contribution in [0.3, 0.4) is 0 Å². The lowest BCUT2D eigenvalue weighted by molar-refractivity contribution is 0.225. The number of hydrogen-bond donors (Lipinski definition) is 0. The lowest BCUT2D eigenvalue weighted by atomic mass is 10.1. The molecular formula is C15H22BrClN2. The third-order valence-electron chi connectivity index (χ3n) is 3.88. The van der Waals surface area contributed by atoms with Gasteiger partial charge in [0.1, 0.15) is 0 Å². The highest BCUT2D eigenvalue weighted by molar-refractivity contribution is 9.09. The van der Waals surface area contributed by atoms with Crippen LogP contribution in [-0.2, 0) is 0 Å². The first-order valence-electron chi connectivity index (χ1n) is 7.01. The summed E-state index contributed by atoms with van der Waals surface area (Å²) in [5, 5.41) is 1.92. The molecule has 19 heavy (non-hydrogen) atoms. The van der Waals surface area contributed by atoms with Crippen molar-refractivity contribution in [1.29, 1.82) is 0 Å². The number of anilines is 1. The van der Waals surface area contributed by atoms with E-state index in [1.807, 2.05) is 12.1 Å². The Labute approximate surface area is 129 Å². The largest absolute Gasteiger partial charge is 0.369 e. The Balaban J connectivity index is 1.83. The molecular weight excluding hydrogens is 324 g/mol. The van der Waals surface area contributed by atoms with Crippen LogP contribution in [0.25, 0.3) is 0 Å². The normalized spacial score (nSPS) is 18.6. The monoisotopic (exact) mass is 344 g/mol. The highest BCUT2D eigenvalue weighted by atomic mass is 79.9. The standard InChI is InChI=1S/C15H22BrClN2/c1-2-13(11-16)12-18-7-9-19(10-8-18)15-5-3-14(17)4-6-15/h3-6,13H,2,7-12H2,1H3. The summed E-state index contributed by atoms with van der Waals surface area (Å²) in [5.74, 6) is 0.780. The molecule has 106 valence electrons. The van der Waals surface area contributed by atoms with E-state index in [9.17, 15) is 0 Å². The highest BCUT2D eigenvalue weighted by Gasteiger charge is 2.19. The first-order valence-corrected chi connectivity index (χ1v) is 8.51. The van der Waals surface area contributed by atoms with Crippen LogP contribution in [0.5, 0.6) is 0 Å². The van der Waals surface area contributed by atoms with Crippen LogP contribution in [0.1, 0.15) is 13.3 Å². The average molecular weight is 346 g/mol. The minimum absolute atomic E-state index is 0.780. The first-order chi connectivity index (χ1) is 9.22. The minimum Gasteiger partial charge on any atom is -0.369 e. The molecule has 2 rings (SSSR count). The van der Waals surface area contributed by atoms with E-state index in [0.717, 1.165) is 42.4 Å². The van der Waals surface area contributed by atoms with E-state index in [1.54, 1.807) is 0 Å². The molecule has 0 bridgehead atoms. The fourth-order valence-corrected chi connectivity index (χ4v) is 3.28. The Hall–Kier alpha value is -0.250. The van der Waals surface area contributed by atoms with Crippen LogP contribution in [0, 0.1) is 5.92 Å². The van der Waals surface area contributed by atoms with Gasteiger partial charge in [0.05, 0.1) is 0 Å². The van der Waals surface area contributed by atoms with Crippen molar-refractivity contribution in [2.45, 2.75) is 13.3 Å². The maximum atomic E-state index is 5.93. The van der Waals surface area contributed by atoms with E-state index < -0.39 is 0 Å². The summed E-state index contributed by atoms with van der Waals surface area (Å²) in [6.45, 7) is 8.03. The van der Waals surface area contributed by atoms with Gasteiger partial charge in [-0.2, -0.15) is 0 Å². The molecule has 2 nitrogen and oxygen atoms in total. The molecule has 0 radical (unpaired) electrons. The van der Waals surface area contributed by atoms with Crippen LogP contribution >= 0.6 is 27.5 Å². The van der Waals surface area contributed by atoms with Crippen molar-refractivity contribution in [3.8, 4) is 0 Å². The second kappa shape index (κ2) is 7.51. The van der Waals surface area contributed by atoms with Gasteiger partial charge >= 0.3 is 0 Å². The van der Waals surface area contributed by atoms with E-state index in [2.05, 4.69) is 44.8 Å². The lowest BCUT2D eigenvalue weighted by Gasteiger charge is -2.37. The molecule has 0 aromatic heterocycles. The van der Waals surface area contributed by atoms with Crippen LogP contribution in [0.4, 0.5) is 5.69 Å². The number of benzene rings is 1. The highest BCUT2D eigenvalue weighted by Crippen LogP contribution is 2.20. The summed E-state index contributed by atoms with van der Waals surface area (Å²) in [4.78, 5) is 5.03. The third kappa shape index (κ3) is 4.37. The van der Waals surface area contributed by atoms with Gasteiger partial charge in [-0.15, -0.1) is 0 Å². The predicted octanol–water partition coefficient (Wildman–Crippen LogP) is 3.88. The molecule has 0 spiro atoms. The summed E-state index contributed by atoms with van der Waals surface area (Å²) < 4.78 is 0. The molecule has 1 aliphatic rings. The summed E-state index contributed by atoms with van der Waals surface area (Å²) in [6.07, 6.45) is 1.25. The molecule has 1 aromatic carbocycles. The van der Waals surface area contributed by atoms with Gasteiger partial charge in [0.15, 0.2) is 0 Å². The van der Waals surface area contributed by atoms with Crippen molar-refractivity contribution in [2.24, 2.45) is 5.92 Å². The number of rotatable bonds is 5. The van der Waals surface area contributed by atoms with Crippen LogP contribution < -0.4 is 4.90 Å². The van der Waals surface area contributed by atoms with Gasteiger partial charge in [-0.1, -0.05) is 40.9 Å². The van der Waals surface area contributed by atoms with E-state index >= 15 is 0 Å². The minimum atomic E-state index is 0.780. The number of piperazine rings is 1. The topological polar surface area (TPSA) is 6.48 Å². The fraction of sp³-hybridized carbons (Fsp3) is 0.600. The molecule has 4 heteroatoms. The quantitative estimate of drug-likeness (QED) is 0.747. The molecule has 1 atom stereocenters.